The van der Waals surface area contributed by atoms with Gasteiger partial charge in [-0.15, -0.1) is 0 Å². The molecule has 0 saturated heterocycles. The molecule has 3 nitrogen and oxygen atoms in total. The monoisotopic (exact) mass is 248 g/mol. The van der Waals surface area contributed by atoms with E-state index < -0.39 is 0 Å². The van der Waals surface area contributed by atoms with E-state index >= 15 is 0 Å². The maximum absolute atomic E-state index is 12.8. The van der Waals surface area contributed by atoms with Crippen LogP contribution >= 0.6 is 0 Å². The highest BCUT2D eigenvalue weighted by Gasteiger charge is 2.16. The lowest BCUT2D eigenvalue weighted by Gasteiger charge is -2.15. The molecule has 1 atom stereocenters. The molecule has 0 aliphatic carbocycles. The number of furan rings is 1. The Morgan fingerprint density at radius 2 is 2.00 bits per heavy atom. The zero-order valence-corrected chi connectivity index (χ0v) is 10.3. The maximum atomic E-state index is 12.8. The number of hydrogen-bond acceptors (Lipinski definition) is 3. The van der Waals surface area contributed by atoms with Gasteiger partial charge in [-0.25, -0.2) is 4.39 Å². The molecule has 2 aromatic rings. The van der Waals surface area contributed by atoms with Gasteiger partial charge in [-0.05, 0) is 30.2 Å². The van der Waals surface area contributed by atoms with Crippen LogP contribution in [0.15, 0.2) is 41.0 Å². The summed E-state index contributed by atoms with van der Waals surface area (Å²) in [6.07, 6.45) is 3.19. The van der Waals surface area contributed by atoms with E-state index in [1.54, 1.807) is 18.4 Å². The summed E-state index contributed by atoms with van der Waals surface area (Å²) in [5, 5.41) is 0. The molecular formula is C14H17FN2O. The van der Waals surface area contributed by atoms with Crippen molar-refractivity contribution in [2.75, 3.05) is 0 Å². The standard InChI is InChI=1S/C14H17FN2O/c1-2-14-12(7-8-18-14)13(17-16)9-10-3-5-11(15)6-4-10/h3-8,13,17H,2,9,16H2,1H3. The Bertz CT molecular complexity index is 493. The van der Waals surface area contributed by atoms with Crippen molar-refractivity contribution in [3.05, 3.63) is 59.3 Å². The Balaban J connectivity index is 2.17. The molecule has 0 bridgehead atoms. The van der Waals surface area contributed by atoms with Crippen LogP contribution in [-0.4, -0.2) is 0 Å². The number of aryl methyl sites for hydroxylation is 1. The third-order valence-electron chi connectivity index (χ3n) is 3.03. The van der Waals surface area contributed by atoms with Crippen molar-refractivity contribution in [1.29, 1.82) is 0 Å². The van der Waals surface area contributed by atoms with E-state index in [2.05, 4.69) is 5.43 Å². The van der Waals surface area contributed by atoms with E-state index in [4.69, 9.17) is 10.3 Å². The van der Waals surface area contributed by atoms with Crippen LogP contribution in [0.4, 0.5) is 4.39 Å². The molecule has 1 heterocycles. The highest BCUT2D eigenvalue weighted by Crippen LogP contribution is 2.23. The fourth-order valence-corrected chi connectivity index (χ4v) is 2.06. The molecule has 1 unspecified atom stereocenters. The molecule has 0 aliphatic heterocycles. The van der Waals surface area contributed by atoms with Crippen molar-refractivity contribution in [2.45, 2.75) is 25.8 Å². The van der Waals surface area contributed by atoms with Crippen molar-refractivity contribution in [2.24, 2.45) is 5.84 Å². The van der Waals surface area contributed by atoms with Gasteiger partial charge in [0.2, 0.25) is 0 Å². The van der Waals surface area contributed by atoms with Crippen LogP contribution in [-0.2, 0) is 12.8 Å². The van der Waals surface area contributed by atoms with Gasteiger partial charge in [0, 0.05) is 12.0 Å². The predicted octanol–water partition coefficient (Wildman–Crippen LogP) is 2.73. The second-order valence-electron chi connectivity index (χ2n) is 4.20. The maximum Gasteiger partial charge on any atom is 0.123 e. The molecule has 3 N–H and O–H groups in total. The van der Waals surface area contributed by atoms with E-state index in [0.717, 1.165) is 23.3 Å². The fourth-order valence-electron chi connectivity index (χ4n) is 2.06. The minimum Gasteiger partial charge on any atom is -0.469 e. The van der Waals surface area contributed by atoms with Gasteiger partial charge >= 0.3 is 0 Å². The predicted molar refractivity (Wildman–Crippen MR) is 68.3 cm³/mol. The first kappa shape index (κ1) is 12.8. The highest BCUT2D eigenvalue weighted by atomic mass is 19.1. The molecule has 0 fully saturated rings. The largest absolute Gasteiger partial charge is 0.469 e. The Morgan fingerprint density at radius 1 is 1.28 bits per heavy atom. The van der Waals surface area contributed by atoms with Crippen LogP contribution in [0, 0.1) is 5.82 Å². The van der Waals surface area contributed by atoms with E-state index in [1.807, 2.05) is 13.0 Å². The first-order valence-corrected chi connectivity index (χ1v) is 6.01. The van der Waals surface area contributed by atoms with Crippen molar-refractivity contribution in [1.82, 2.24) is 5.43 Å². The van der Waals surface area contributed by atoms with Gasteiger partial charge in [-0.1, -0.05) is 19.1 Å². The van der Waals surface area contributed by atoms with Crippen LogP contribution in [0.2, 0.25) is 0 Å². The number of hydrazine groups is 1. The summed E-state index contributed by atoms with van der Waals surface area (Å²) in [7, 11) is 0. The number of halogens is 1. The van der Waals surface area contributed by atoms with Crippen molar-refractivity contribution in [3.63, 3.8) is 0 Å². The van der Waals surface area contributed by atoms with Crippen LogP contribution in [0.25, 0.3) is 0 Å². The van der Waals surface area contributed by atoms with Crippen LogP contribution < -0.4 is 11.3 Å². The van der Waals surface area contributed by atoms with Crippen LogP contribution in [0.3, 0.4) is 0 Å². The molecule has 0 amide bonds. The molecule has 18 heavy (non-hydrogen) atoms. The SMILES string of the molecule is CCc1occc1C(Cc1ccc(F)cc1)NN. The first-order valence-electron chi connectivity index (χ1n) is 6.01. The van der Waals surface area contributed by atoms with Crippen molar-refractivity contribution < 1.29 is 8.81 Å². The lowest BCUT2D eigenvalue weighted by atomic mass is 9.99. The Kier molecular flexibility index (Phi) is 4.12. The van der Waals surface area contributed by atoms with Gasteiger partial charge < -0.3 is 4.42 Å². The summed E-state index contributed by atoms with van der Waals surface area (Å²) < 4.78 is 18.2. The summed E-state index contributed by atoms with van der Waals surface area (Å²) in [6, 6.07) is 8.35. The fraction of sp³-hybridized carbons (Fsp3) is 0.286. The number of nitrogens with one attached hydrogen (secondary N) is 1. The number of benzene rings is 1. The van der Waals surface area contributed by atoms with Gasteiger partial charge in [0.1, 0.15) is 11.6 Å². The van der Waals surface area contributed by atoms with Gasteiger partial charge in [-0.2, -0.15) is 0 Å². The highest BCUT2D eigenvalue weighted by molar-refractivity contribution is 5.25. The number of rotatable bonds is 5. The molecule has 1 aromatic carbocycles. The molecule has 0 spiro atoms. The summed E-state index contributed by atoms with van der Waals surface area (Å²) in [6.45, 7) is 2.04. The number of nitrogens with two attached hydrogens (primary N) is 1. The Labute approximate surface area is 106 Å². The molecular weight excluding hydrogens is 231 g/mol. The van der Waals surface area contributed by atoms with E-state index in [0.29, 0.717) is 6.42 Å². The quantitative estimate of drug-likeness (QED) is 0.632. The summed E-state index contributed by atoms with van der Waals surface area (Å²) >= 11 is 0. The third-order valence-corrected chi connectivity index (χ3v) is 3.03. The third kappa shape index (κ3) is 2.78. The molecule has 4 heteroatoms. The normalized spacial score (nSPS) is 12.6. The van der Waals surface area contributed by atoms with Crippen LogP contribution in [0.5, 0.6) is 0 Å². The number of hydrogen-bond donors (Lipinski definition) is 2. The molecule has 96 valence electrons. The summed E-state index contributed by atoms with van der Waals surface area (Å²) in [4.78, 5) is 0. The second kappa shape index (κ2) is 5.80. The second-order valence-corrected chi connectivity index (χ2v) is 4.20. The molecule has 0 saturated carbocycles. The van der Waals surface area contributed by atoms with Gasteiger partial charge in [0.15, 0.2) is 0 Å². The summed E-state index contributed by atoms with van der Waals surface area (Å²) in [5.41, 5.74) is 4.88. The zero-order chi connectivity index (χ0) is 13.0. The van der Waals surface area contributed by atoms with Crippen molar-refractivity contribution in [3.8, 4) is 0 Å². The molecule has 0 aliphatic rings. The van der Waals surface area contributed by atoms with E-state index in [1.165, 1.54) is 12.1 Å². The smallest absolute Gasteiger partial charge is 0.123 e. The first-order chi connectivity index (χ1) is 8.74. The van der Waals surface area contributed by atoms with E-state index in [9.17, 15) is 4.39 Å². The average molecular weight is 248 g/mol. The zero-order valence-electron chi connectivity index (χ0n) is 10.3. The van der Waals surface area contributed by atoms with Crippen LogP contribution in [0.1, 0.15) is 29.9 Å². The Morgan fingerprint density at radius 3 is 2.61 bits per heavy atom. The van der Waals surface area contributed by atoms with E-state index in [-0.39, 0.29) is 11.9 Å². The molecule has 0 radical (unpaired) electrons. The summed E-state index contributed by atoms with van der Waals surface area (Å²) in [5.74, 6) is 6.30. The minimum atomic E-state index is -0.228. The minimum absolute atomic E-state index is 0.0239. The molecule has 2 rings (SSSR count). The average Bonchev–Trinajstić information content (AvgIpc) is 2.86. The Hall–Kier alpha value is -1.65. The molecule has 1 aromatic heterocycles. The van der Waals surface area contributed by atoms with Crippen molar-refractivity contribution >= 4 is 0 Å². The topological polar surface area (TPSA) is 51.2 Å². The van der Waals surface area contributed by atoms with Gasteiger partial charge in [0.25, 0.3) is 0 Å². The lowest BCUT2D eigenvalue weighted by molar-refractivity contribution is 0.487. The van der Waals surface area contributed by atoms with Gasteiger partial charge in [0.05, 0.1) is 12.3 Å². The van der Waals surface area contributed by atoms with Gasteiger partial charge in [-0.3, -0.25) is 11.3 Å². The lowest BCUT2D eigenvalue weighted by Crippen LogP contribution is -2.29.